The first kappa shape index (κ1) is 23.5. The molecule has 2 fully saturated rings. The summed E-state index contributed by atoms with van der Waals surface area (Å²) in [5.74, 6) is 0.385. The molecule has 0 aliphatic carbocycles. The molecule has 2 aliphatic heterocycles. The lowest BCUT2D eigenvalue weighted by atomic mass is 10.0. The molecule has 0 saturated carbocycles. The number of amides is 3. The molecule has 3 N–H and O–H groups in total. The average Bonchev–Trinajstić information content (AvgIpc) is 3.17. The number of rotatable bonds is 8. The Morgan fingerprint density at radius 2 is 1.87 bits per heavy atom. The maximum atomic E-state index is 12.4. The molecule has 1 aromatic carbocycles. The Hall–Kier alpha value is -2.12. The third-order valence-corrected chi connectivity index (χ3v) is 6.22. The largest absolute Gasteiger partial charge is 0.368 e. The molecule has 0 spiro atoms. The van der Waals surface area contributed by atoms with Crippen LogP contribution in [0.15, 0.2) is 24.3 Å². The molecule has 3 amide bonds. The molecule has 7 nitrogen and oxygen atoms in total. The van der Waals surface area contributed by atoms with Crippen LogP contribution in [-0.4, -0.2) is 55.2 Å². The number of anilines is 1. The van der Waals surface area contributed by atoms with Crippen LogP contribution >= 0.6 is 0 Å². The summed E-state index contributed by atoms with van der Waals surface area (Å²) < 4.78 is 5.43. The van der Waals surface area contributed by atoms with Gasteiger partial charge in [-0.05, 0) is 62.4 Å². The highest BCUT2D eigenvalue weighted by atomic mass is 16.5. The number of hydrogen-bond acceptors (Lipinski definition) is 4. The van der Waals surface area contributed by atoms with E-state index in [-0.39, 0.29) is 18.0 Å². The van der Waals surface area contributed by atoms with Gasteiger partial charge in [0.25, 0.3) is 5.91 Å². The fourth-order valence-electron chi connectivity index (χ4n) is 4.42. The monoisotopic (exact) mass is 430 g/mol. The Labute approximate surface area is 186 Å². The van der Waals surface area contributed by atoms with E-state index in [1.807, 2.05) is 24.3 Å². The van der Waals surface area contributed by atoms with Gasteiger partial charge in [0.1, 0.15) is 6.10 Å². The second-order valence-corrected chi connectivity index (χ2v) is 9.02. The van der Waals surface area contributed by atoms with Crippen molar-refractivity contribution in [3.8, 4) is 0 Å². The van der Waals surface area contributed by atoms with E-state index in [0.29, 0.717) is 31.7 Å². The molecule has 2 atom stereocenters. The van der Waals surface area contributed by atoms with Gasteiger partial charge in [0.15, 0.2) is 0 Å². The van der Waals surface area contributed by atoms with Gasteiger partial charge in [0.05, 0.1) is 0 Å². The van der Waals surface area contributed by atoms with Crippen molar-refractivity contribution in [2.75, 3.05) is 31.6 Å². The van der Waals surface area contributed by atoms with Crippen LogP contribution in [0.5, 0.6) is 0 Å². The lowest BCUT2D eigenvalue weighted by Gasteiger charge is -2.33. The van der Waals surface area contributed by atoms with E-state index in [2.05, 4.69) is 34.7 Å². The van der Waals surface area contributed by atoms with Gasteiger partial charge in [-0.25, -0.2) is 4.79 Å². The predicted molar refractivity (Wildman–Crippen MR) is 123 cm³/mol. The van der Waals surface area contributed by atoms with E-state index in [1.165, 1.54) is 25.7 Å². The molecule has 2 aliphatic rings. The van der Waals surface area contributed by atoms with Gasteiger partial charge in [0, 0.05) is 31.4 Å². The normalized spacial score (nSPS) is 20.8. The Kier molecular flexibility index (Phi) is 9.15. The van der Waals surface area contributed by atoms with Crippen molar-refractivity contribution in [1.82, 2.24) is 15.5 Å². The Bertz CT molecular complexity index is 711. The lowest BCUT2D eigenvalue weighted by Crippen LogP contribution is -2.49. The Balaban J connectivity index is 1.44. The van der Waals surface area contributed by atoms with E-state index >= 15 is 0 Å². The summed E-state index contributed by atoms with van der Waals surface area (Å²) in [5, 5.41) is 8.90. The summed E-state index contributed by atoms with van der Waals surface area (Å²) in [6, 6.07) is 7.77. The second-order valence-electron chi connectivity index (χ2n) is 9.02. The van der Waals surface area contributed by atoms with Gasteiger partial charge < -0.3 is 20.7 Å². The van der Waals surface area contributed by atoms with Crippen LogP contribution in [0.25, 0.3) is 0 Å². The first-order valence-electron chi connectivity index (χ1n) is 11.8. The minimum absolute atomic E-state index is 0.103. The van der Waals surface area contributed by atoms with E-state index < -0.39 is 0 Å². The number of benzene rings is 1. The quantitative estimate of drug-likeness (QED) is 0.589. The van der Waals surface area contributed by atoms with Crippen LogP contribution in [0.3, 0.4) is 0 Å². The topological polar surface area (TPSA) is 82.7 Å². The molecule has 0 aromatic heterocycles. The summed E-state index contributed by atoms with van der Waals surface area (Å²) in [5.41, 5.74) is 1.66. The molecule has 2 saturated heterocycles. The van der Waals surface area contributed by atoms with Crippen molar-refractivity contribution in [2.24, 2.45) is 5.92 Å². The van der Waals surface area contributed by atoms with E-state index in [0.717, 1.165) is 37.2 Å². The minimum atomic E-state index is -0.356. The van der Waals surface area contributed by atoms with Gasteiger partial charge in [0.2, 0.25) is 0 Å². The first-order chi connectivity index (χ1) is 15.0. The van der Waals surface area contributed by atoms with Crippen LogP contribution in [0.4, 0.5) is 10.5 Å². The van der Waals surface area contributed by atoms with E-state index in [9.17, 15) is 9.59 Å². The summed E-state index contributed by atoms with van der Waals surface area (Å²) in [6.45, 7) is 8.41. The fraction of sp³-hybridized carbons (Fsp3) is 0.667. The molecule has 3 rings (SSSR count). The highest BCUT2D eigenvalue weighted by Gasteiger charge is 2.24. The van der Waals surface area contributed by atoms with Crippen LogP contribution in [-0.2, 0) is 16.1 Å². The van der Waals surface area contributed by atoms with Gasteiger partial charge in [-0.3, -0.25) is 9.69 Å². The molecule has 0 bridgehead atoms. The van der Waals surface area contributed by atoms with E-state index in [4.69, 9.17) is 4.74 Å². The van der Waals surface area contributed by atoms with Gasteiger partial charge in [-0.2, -0.15) is 0 Å². The summed E-state index contributed by atoms with van der Waals surface area (Å²) in [6.07, 6.45) is 6.44. The zero-order valence-electron chi connectivity index (χ0n) is 19.0. The summed E-state index contributed by atoms with van der Waals surface area (Å²) >= 11 is 0. The smallest absolute Gasteiger partial charge is 0.315 e. The molecule has 1 aromatic rings. The van der Waals surface area contributed by atoms with Crippen molar-refractivity contribution in [1.29, 1.82) is 0 Å². The number of hydrogen-bond donors (Lipinski definition) is 3. The highest BCUT2D eigenvalue weighted by molar-refractivity contribution is 5.94. The maximum Gasteiger partial charge on any atom is 0.315 e. The number of likely N-dealkylation sites (tertiary alicyclic amines) is 1. The molecule has 172 valence electrons. The third kappa shape index (κ3) is 7.51. The standard InChI is InChI=1S/C24H38N4O3/c1-18(2)21(28-12-5-3-4-6-13-28)17-26-24(30)25-16-19-9-7-10-20(15-19)27-23(29)22-11-8-14-31-22/h7,9-10,15,18,21-22H,3-6,8,11-14,16-17H2,1-2H3,(H,27,29)(H2,25,26,30). The predicted octanol–water partition coefficient (Wildman–Crippen LogP) is 3.50. The Morgan fingerprint density at radius 1 is 1.10 bits per heavy atom. The molecule has 31 heavy (non-hydrogen) atoms. The maximum absolute atomic E-state index is 12.4. The van der Waals surface area contributed by atoms with Crippen molar-refractivity contribution in [3.63, 3.8) is 0 Å². The average molecular weight is 431 g/mol. The second kappa shape index (κ2) is 12.1. The number of nitrogens with one attached hydrogen (secondary N) is 3. The van der Waals surface area contributed by atoms with Gasteiger partial charge >= 0.3 is 6.03 Å². The van der Waals surface area contributed by atoms with Crippen molar-refractivity contribution >= 4 is 17.6 Å². The number of ether oxygens (including phenoxy) is 1. The minimum Gasteiger partial charge on any atom is -0.368 e. The molecule has 0 radical (unpaired) electrons. The molecular weight excluding hydrogens is 392 g/mol. The summed E-state index contributed by atoms with van der Waals surface area (Å²) in [4.78, 5) is 27.2. The lowest BCUT2D eigenvalue weighted by molar-refractivity contribution is -0.124. The van der Waals surface area contributed by atoms with Crippen molar-refractivity contribution in [2.45, 2.75) is 71.1 Å². The number of urea groups is 1. The van der Waals surface area contributed by atoms with E-state index in [1.54, 1.807) is 0 Å². The van der Waals surface area contributed by atoms with Crippen molar-refractivity contribution < 1.29 is 14.3 Å². The molecule has 7 heteroatoms. The van der Waals surface area contributed by atoms with Gasteiger partial charge in [-0.1, -0.05) is 38.8 Å². The third-order valence-electron chi connectivity index (χ3n) is 6.22. The van der Waals surface area contributed by atoms with Crippen molar-refractivity contribution in [3.05, 3.63) is 29.8 Å². The van der Waals surface area contributed by atoms with Crippen LogP contribution in [0.2, 0.25) is 0 Å². The fourth-order valence-corrected chi connectivity index (χ4v) is 4.42. The first-order valence-corrected chi connectivity index (χ1v) is 11.8. The zero-order chi connectivity index (χ0) is 22.1. The molecular formula is C24H38N4O3. The Morgan fingerprint density at radius 3 is 2.55 bits per heavy atom. The van der Waals surface area contributed by atoms with Crippen LogP contribution in [0, 0.1) is 5.92 Å². The molecule has 2 heterocycles. The van der Waals surface area contributed by atoms with Crippen LogP contribution in [0.1, 0.15) is 57.9 Å². The SMILES string of the molecule is CC(C)C(CNC(=O)NCc1cccc(NC(=O)C2CCCO2)c1)N1CCCCCC1. The highest BCUT2D eigenvalue weighted by Crippen LogP contribution is 2.18. The summed E-state index contributed by atoms with van der Waals surface area (Å²) in [7, 11) is 0. The number of carbonyl (C=O) groups excluding carboxylic acids is 2. The number of nitrogens with zero attached hydrogens (tertiary/aromatic N) is 1. The van der Waals surface area contributed by atoms with Crippen LogP contribution < -0.4 is 16.0 Å². The zero-order valence-corrected chi connectivity index (χ0v) is 19.0. The molecule has 2 unspecified atom stereocenters. The van der Waals surface area contributed by atoms with Gasteiger partial charge in [-0.15, -0.1) is 0 Å². The number of carbonyl (C=O) groups is 2.